The zero-order valence-electron chi connectivity index (χ0n) is 12.3. The molecule has 2 aromatic rings. The van der Waals surface area contributed by atoms with Gasteiger partial charge in [-0.05, 0) is 30.7 Å². The number of nitrogens with one attached hydrogen (secondary N) is 1. The monoisotopic (exact) mass is 373 g/mol. The SMILES string of the molecule is COc1cc(Cl)c(C)cc1NC(=O)COC(=O)c1ccc(Cl)s1. The third-order valence-corrected chi connectivity index (χ3v) is 4.48. The number of amides is 1. The van der Waals surface area contributed by atoms with E-state index in [1.54, 1.807) is 31.2 Å². The van der Waals surface area contributed by atoms with Crippen LogP contribution in [0.4, 0.5) is 5.69 Å². The number of methoxy groups -OCH3 is 1. The molecular formula is C15H13Cl2NO4S. The topological polar surface area (TPSA) is 64.6 Å². The van der Waals surface area contributed by atoms with E-state index in [4.69, 9.17) is 32.7 Å². The Morgan fingerprint density at radius 1 is 1.26 bits per heavy atom. The molecule has 8 heteroatoms. The highest BCUT2D eigenvalue weighted by molar-refractivity contribution is 7.17. The average molecular weight is 374 g/mol. The number of carbonyl (C=O) groups excluding carboxylic acids is 2. The Morgan fingerprint density at radius 3 is 2.61 bits per heavy atom. The maximum atomic E-state index is 11.9. The van der Waals surface area contributed by atoms with Gasteiger partial charge in [0.15, 0.2) is 6.61 Å². The van der Waals surface area contributed by atoms with Crippen molar-refractivity contribution in [3.05, 3.63) is 44.1 Å². The van der Waals surface area contributed by atoms with Crippen molar-refractivity contribution in [3.8, 4) is 5.75 Å². The molecular weight excluding hydrogens is 361 g/mol. The fourth-order valence-electron chi connectivity index (χ4n) is 1.74. The Bertz CT molecular complexity index is 745. The van der Waals surface area contributed by atoms with Crippen LogP contribution in [0.1, 0.15) is 15.2 Å². The van der Waals surface area contributed by atoms with Crippen molar-refractivity contribution in [3.63, 3.8) is 0 Å². The quantitative estimate of drug-likeness (QED) is 0.798. The second-order valence-electron chi connectivity index (χ2n) is 4.53. The molecule has 0 aliphatic rings. The summed E-state index contributed by atoms with van der Waals surface area (Å²) in [7, 11) is 1.47. The van der Waals surface area contributed by atoms with E-state index in [1.165, 1.54) is 7.11 Å². The second-order valence-corrected chi connectivity index (χ2v) is 6.65. The van der Waals surface area contributed by atoms with Crippen LogP contribution in [0.2, 0.25) is 9.36 Å². The minimum absolute atomic E-state index is 0.336. The highest BCUT2D eigenvalue weighted by Gasteiger charge is 2.14. The van der Waals surface area contributed by atoms with Gasteiger partial charge < -0.3 is 14.8 Å². The van der Waals surface area contributed by atoms with E-state index in [-0.39, 0.29) is 0 Å². The lowest BCUT2D eigenvalue weighted by Crippen LogP contribution is -2.21. The first-order valence-electron chi connectivity index (χ1n) is 6.47. The first-order chi connectivity index (χ1) is 10.9. The number of hydrogen-bond acceptors (Lipinski definition) is 5. The molecule has 0 saturated heterocycles. The Balaban J connectivity index is 1.97. The van der Waals surface area contributed by atoms with Crippen LogP contribution in [0.25, 0.3) is 0 Å². The van der Waals surface area contributed by atoms with Gasteiger partial charge in [-0.15, -0.1) is 11.3 Å². The van der Waals surface area contributed by atoms with Gasteiger partial charge >= 0.3 is 5.97 Å². The van der Waals surface area contributed by atoms with Gasteiger partial charge in [0.05, 0.1) is 17.1 Å². The van der Waals surface area contributed by atoms with Crippen molar-refractivity contribution in [1.29, 1.82) is 0 Å². The predicted molar refractivity (Wildman–Crippen MR) is 91.0 cm³/mol. The van der Waals surface area contributed by atoms with Crippen molar-refractivity contribution in [2.24, 2.45) is 0 Å². The summed E-state index contributed by atoms with van der Waals surface area (Å²) in [6.07, 6.45) is 0. The van der Waals surface area contributed by atoms with Crippen LogP contribution in [0, 0.1) is 6.92 Å². The summed E-state index contributed by atoms with van der Waals surface area (Å²) in [5, 5.41) is 3.15. The van der Waals surface area contributed by atoms with Gasteiger partial charge in [-0.25, -0.2) is 4.79 Å². The van der Waals surface area contributed by atoms with Crippen molar-refractivity contribution >= 4 is 52.1 Å². The highest BCUT2D eigenvalue weighted by atomic mass is 35.5. The lowest BCUT2D eigenvalue weighted by atomic mass is 10.2. The van der Waals surface area contributed by atoms with E-state index in [0.717, 1.165) is 16.9 Å². The summed E-state index contributed by atoms with van der Waals surface area (Å²) in [4.78, 5) is 24.0. The first kappa shape index (κ1) is 17.6. The molecule has 1 heterocycles. The Labute approximate surface area is 147 Å². The number of halogens is 2. The molecule has 1 N–H and O–H groups in total. The number of carbonyl (C=O) groups is 2. The summed E-state index contributed by atoms with van der Waals surface area (Å²) in [5.74, 6) is -0.664. The summed E-state index contributed by atoms with van der Waals surface area (Å²) >= 11 is 12.8. The van der Waals surface area contributed by atoms with E-state index in [9.17, 15) is 9.59 Å². The van der Waals surface area contributed by atoms with Crippen molar-refractivity contribution < 1.29 is 19.1 Å². The molecule has 1 amide bonds. The second kappa shape index (κ2) is 7.68. The fourth-order valence-corrected chi connectivity index (χ4v) is 2.83. The molecule has 0 atom stereocenters. The zero-order valence-corrected chi connectivity index (χ0v) is 14.6. The lowest BCUT2D eigenvalue weighted by Gasteiger charge is -2.12. The van der Waals surface area contributed by atoms with Crippen LogP contribution >= 0.6 is 34.5 Å². The Hall–Kier alpha value is -1.76. The molecule has 0 aliphatic carbocycles. The van der Waals surface area contributed by atoms with Gasteiger partial charge in [-0.3, -0.25) is 4.79 Å². The van der Waals surface area contributed by atoms with Gasteiger partial charge in [0.1, 0.15) is 10.6 Å². The number of rotatable bonds is 5. The molecule has 0 radical (unpaired) electrons. The normalized spacial score (nSPS) is 10.3. The minimum atomic E-state index is -0.601. The summed E-state index contributed by atoms with van der Waals surface area (Å²) in [6.45, 7) is 1.39. The first-order valence-corrected chi connectivity index (χ1v) is 8.04. The molecule has 23 heavy (non-hydrogen) atoms. The number of aryl methyl sites for hydroxylation is 1. The van der Waals surface area contributed by atoms with Gasteiger partial charge in [0, 0.05) is 11.1 Å². The van der Waals surface area contributed by atoms with Gasteiger partial charge in [0.25, 0.3) is 5.91 Å². The largest absolute Gasteiger partial charge is 0.495 e. The number of ether oxygens (including phenoxy) is 2. The average Bonchev–Trinajstić information content (AvgIpc) is 2.95. The van der Waals surface area contributed by atoms with E-state index >= 15 is 0 Å². The summed E-state index contributed by atoms with van der Waals surface area (Å²) < 4.78 is 10.6. The van der Waals surface area contributed by atoms with Crippen LogP contribution in [0.5, 0.6) is 5.75 Å². The smallest absolute Gasteiger partial charge is 0.348 e. The van der Waals surface area contributed by atoms with Crippen molar-refractivity contribution in [1.82, 2.24) is 0 Å². The van der Waals surface area contributed by atoms with Crippen LogP contribution in [-0.4, -0.2) is 25.6 Å². The number of hydrogen-bond donors (Lipinski definition) is 1. The summed E-state index contributed by atoms with van der Waals surface area (Å²) in [5.41, 5.74) is 1.24. The van der Waals surface area contributed by atoms with Gasteiger partial charge in [-0.1, -0.05) is 23.2 Å². The van der Waals surface area contributed by atoms with Crippen molar-refractivity contribution in [2.75, 3.05) is 19.0 Å². The molecule has 0 fully saturated rings. The lowest BCUT2D eigenvalue weighted by molar-refractivity contribution is -0.119. The maximum Gasteiger partial charge on any atom is 0.348 e. The van der Waals surface area contributed by atoms with Crippen LogP contribution in [0.15, 0.2) is 24.3 Å². The molecule has 2 rings (SSSR count). The van der Waals surface area contributed by atoms with Crippen LogP contribution in [0.3, 0.4) is 0 Å². The molecule has 5 nitrogen and oxygen atoms in total. The Kier molecular flexibility index (Phi) is 5.87. The maximum absolute atomic E-state index is 11.9. The molecule has 0 bridgehead atoms. The minimum Gasteiger partial charge on any atom is -0.495 e. The van der Waals surface area contributed by atoms with Crippen LogP contribution in [-0.2, 0) is 9.53 Å². The third kappa shape index (κ3) is 4.60. The standard InChI is InChI=1S/C15H13Cl2NO4S/c1-8-5-10(11(21-2)6-9(8)16)18-14(19)7-22-15(20)12-3-4-13(17)23-12/h3-6H,7H2,1-2H3,(H,18,19). The van der Waals surface area contributed by atoms with E-state index in [2.05, 4.69) is 5.32 Å². The van der Waals surface area contributed by atoms with Crippen molar-refractivity contribution in [2.45, 2.75) is 6.92 Å². The number of esters is 1. The summed E-state index contributed by atoms with van der Waals surface area (Å²) in [6, 6.07) is 6.41. The van der Waals surface area contributed by atoms with E-state index in [1.807, 2.05) is 0 Å². The highest BCUT2D eigenvalue weighted by Crippen LogP contribution is 2.30. The molecule has 1 aromatic carbocycles. The molecule has 0 aliphatic heterocycles. The molecule has 1 aromatic heterocycles. The predicted octanol–water partition coefficient (Wildman–Crippen LogP) is 4.17. The van der Waals surface area contributed by atoms with E-state index < -0.39 is 18.5 Å². The number of thiophene rings is 1. The zero-order chi connectivity index (χ0) is 17.0. The Morgan fingerprint density at radius 2 is 2.00 bits per heavy atom. The van der Waals surface area contributed by atoms with E-state index in [0.29, 0.717) is 25.7 Å². The molecule has 122 valence electrons. The molecule has 0 spiro atoms. The molecule has 0 saturated carbocycles. The van der Waals surface area contributed by atoms with Gasteiger partial charge in [-0.2, -0.15) is 0 Å². The third-order valence-electron chi connectivity index (χ3n) is 2.86. The molecule has 0 unspecified atom stereocenters. The number of benzene rings is 1. The number of anilines is 1. The fraction of sp³-hybridized carbons (Fsp3) is 0.200. The van der Waals surface area contributed by atoms with Gasteiger partial charge in [0.2, 0.25) is 0 Å². The van der Waals surface area contributed by atoms with Crippen LogP contribution < -0.4 is 10.1 Å².